The maximum Gasteiger partial charge on any atom is 0.325 e. The van der Waals surface area contributed by atoms with Crippen LogP contribution in [-0.2, 0) is 54.5 Å². The number of amides is 5. The highest BCUT2D eigenvalue weighted by Crippen LogP contribution is 2.21. The van der Waals surface area contributed by atoms with Gasteiger partial charge in [-0.25, -0.2) is 0 Å². The molecule has 0 radical (unpaired) electrons. The molecule has 3 heterocycles. The number of benzene rings is 4. The molecule has 0 unspecified atom stereocenters. The van der Waals surface area contributed by atoms with Gasteiger partial charge in [0.05, 0.1) is 0 Å². The highest BCUT2D eigenvalue weighted by atomic mass is 32.1. The van der Waals surface area contributed by atoms with Gasteiger partial charge >= 0.3 is 5.97 Å². The molecule has 14 heteroatoms. The minimum atomic E-state index is -1.26. The van der Waals surface area contributed by atoms with Crippen molar-refractivity contribution >= 4 is 46.8 Å². The number of carboxylic acids is 1. The van der Waals surface area contributed by atoms with Gasteiger partial charge in [-0.1, -0.05) is 103 Å². The fourth-order valence-electron chi connectivity index (χ4n) is 6.72. The summed E-state index contributed by atoms with van der Waals surface area (Å²) in [5.41, 5.74) is 4.18. The van der Waals surface area contributed by atoms with Crippen molar-refractivity contribution in [1.29, 1.82) is 0 Å². The summed E-state index contributed by atoms with van der Waals surface area (Å²) in [5.74, 6) is -4.19. The number of aliphatic carboxylic acids is 1. The first kappa shape index (κ1) is 42.8. The Morgan fingerprint density at radius 1 is 0.700 bits per heavy atom. The summed E-state index contributed by atoms with van der Waals surface area (Å²) in [6.45, 7) is 0.897. The highest BCUT2D eigenvalue weighted by Gasteiger charge is 2.33. The van der Waals surface area contributed by atoms with Gasteiger partial charge < -0.3 is 36.4 Å². The molecule has 2 aliphatic heterocycles. The molecule has 13 nitrogen and oxygen atoms in total. The van der Waals surface area contributed by atoms with E-state index in [-0.39, 0.29) is 25.7 Å². The van der Waals surface area contributed by atoms with Crippen molar-refractivity contribution in [3.8, 4) is 16.9 Å². The smallest absolute Gasteiger partial charge is 0.325 e. The fraction of sp³-hybridized carbons (Fsp3) is 0.261. The number of aryl methyl sites for hydroxylation is 1. The minimum Gasteiger partial charge on any atom is -0.484 e. The predicted octanol–water partition coefficient (Wildman–Crippen LogP) is 4.00. The summed E-state index contributed by atoms with van der Waals surface area (Å²) in [6, 6.07) is 31.0. The summed E-state index contributed by atoms with van der Waals surface area (Å²) in [4.78, 5) is 82.4. The standard InChI is InChI=1S/C46H47N5O8S/c1-29(46(57)58)47-43(54)38-26-32-16-21-35(22-17-32)59-28-41(52)48-40(27-36-13-8-24-60-36)45(56)51-39(25-31-14-19-34(20-15-31)33-11-6-3-7-12-33)44(55)49-37(42(53)50-38)23-18-30-9-4-2-5-10-30/h2-17,19-22,24,29,37-40H,18,23,25-28H2,1H3,(H,47,54)(H,48,52)(H,49,55)(H,50,53)(H,51,56)(H,57,58)/t29-,37+,38-,39-,40+/m0/s1. The van der Waals surface area contributed by atoms with Gasteiger partial charge in [0.1, 0.15) is 36.0 Å². The topological polar surface area (TPSA) is 192 Å². The lowest BCUT2D eigenvalue weighted by Gasteiger charge is -2.27. The third-order valence-corrected chi connectivity index (χ3v) is 11.0. The third-order valence-electron chi connectivity index (χ3n) is 10.1. The lowest BCUT2D eigenvalue weighted by molar-refractivity contribution is -0.141. The Kier molecular flexibility index (Phi) is 14.8. The van der Waals surface area contributed by atoms with Crippen LogP contribution in [0.3, 0.4) is 0 Å². The Labute approximate surface area is 351 Å². The van der Waals surface area contributed by atoms with E-state index in [1.165, 1.54) is 18.3 Å². The van der Waals surface area contributed by atoms with Crippen molar-refractivity contribution in [2.75, 3.05) is 6.61 Å². The van der Waals surface area contributed by atoms with Crippen LogP contribution in [0, 0.1) is 0 Å². The number of hydrogen-bond acceptors (Lipinski definition) is 8. The van der Waals surface area contributed by atoms with E-state index in [1.54, 1.807) is 24.3 Å². The van der Waals surface area contributed by atoms with Crippen LogP contribution in [0.5, 0.6) is 5.75 Å². The van der Waals surface area contributed by atoms with E-state index in [0.29, 0.717) is 17.7 Å². The molecule has 5 amide bonds. The first-order valence-electron chi connectivity index (χ1n) is 19.7. The Bertz CT molecular complexity index is 2240. The minimum absolute atomic E-state index is 0.0356. The monoisotopic (exact) mass is 829 g/mol. The molecule has 0 saturated carbocycles. The molecule has 4 aromatic carbocycles. The fourth-order valence-corrected chi connectivity index (χ4v) is 7.47. The van der Waals surface area contributed by atoms with Crippen LogP contribution < -0.4 is 31.3 Å². The number of rotatable bonds is 11. The van der Waals surface area contributed by atoms with Gasteiger partial charge in [0.15, 0.2) is 6.61 Å². The average Bonchev–Trinajstić information content (AvgIpc) is 3.78. The van der Waals surface area contributed by atoms with Crippen molar-refractivity contribution < 1.29 is 38.6 Å². The number of carbonyl (C=O) groups excluding carboxylic acids is 5. The van der Waals surface area contributed by atoms with E-state index in [0.717, 1.165) is 27.1 Å². The van der Waals surface area contributed by atoms with Crippen molar-refractivity contribution in [1.82, 2.24) is 26.6 Å². The average molecular weight is 830 g/mol. The van der Waals surface area contributed by atoms with Gasteiger partial charge in [-0.2, -0.15) is 0 Å². The van der Waals surface area contributed by atoms with Gasteiger partial charge in [0.2, 0.25) is 23.6 Å². The van der Waals surface area contributed by atoms with Crippen molar-refractivity contribution in [2.24, 2.45) is 0 Å². The largest absolute Gasteiger partial charge is 0.484 e. The van der Waals surface area contributed by atoms with Crippen LogP contribution in [0.4, 0.5) is 0 Å². The number of carbonyl (C=O) groups is 6. The number of ether oxygens (including phenoxy) is 1. The van der Waals surface area contributed by atoms with E-state index in [4.69, 9.17) is 4.74 Å². The molecule has 6 N–H and O–H groups in total. The summed E-state index contributed by atoms with van der Waals surface area (Å²) < 4.78 is 5.74. The zero-order valence-corrected chi connectivity index (χ0v) is 33.8. The summed E-state index contributed by atoms with van der Waals surface area (Å²) in [7, 11) is 0. The third kappa shape index (κ3) is 12.4. The van der Waals surface area contributed by atoms with Crippen LogP contribution in [-0.4, -0.2) is 77.4 Å². The number of fused-ring (bicyclic) bond motifs is 16. The molecular weight excluding hydrogens is 783 g/mol. The van der Waals surface area contributed by atoms with Crippen molar-refractivity contribution in [3.05, 3.63) is 148 Å². The van der Waals surface area contributed by atoms with Gasteiger partial charge in [0.25, 0.3) is 5.91 Å². The van der Waals surface area contributed by atoms with E-state index in [9.17, 15) is 33.9 Å². The van der Waals surface area contributed by atoms with Crippen LogP contribution in [0.2, 0.25) is 0 Å². The Morgan fingerprint density at radius 2 is 1.32 bits per heavy atom. The lowest BCUT2D eigenvalue weighted by Crippen LogP contribution is -2.59. The van der Waals surface area contributed by atoms with Gasteiger partial charge in [0, 0.05) is 24.1 Å². The molecule has 2 aliphatic rings. The maximum atomic E-state index is 14.5. The first-order chi connectivity index (χ1) is 29.0. The Hall–Kier alpha value is -6.80. The molecule has 2 bridgehead atoms. The molecule has 7 rings (SSSR count). The second-order valence-electron chi connectivity index (χ2n) is 14.6. The van der Waals surface area contributed by atoms with E-state index < -0.39 is 72.3 Å². The molecule has 0 fully saturated rings. The number of carboxylic acid groups (broad SMARTS) is 1. The molecule has 0 spiro atoms. The highest BCUT2D eigenvalue weighted by molar-refractivity contribution is 7.09. The van der Waals surface area contributed by atoms with E-state index >= 15 is 0 Å². The molecule has 5 aromatic rings. The molecule has 5 atom stereocenters. The van der Waals surface area contributed by atoms with Gasteiger partial charge in [-0.3, -0.25) is 28.8 Å². The van der Waals surface area contributed by atoms with Crippen LogP contribution in [0.1, 0.15) is 34.9 Å². The molecule has 0 aliphatic carbocycles. The Balaban J connectivity index is 1.35. The second-order valence-corrected chi connectivity index (χ2v) is 15.6. The summed E-state index contributed by atoms with van der Waals surface area (Å²) in [6.07, 6.45) is 0.647. The van der Waals surface area contributed by atoms with Crippen LogP contribution >= 0.6 is 11.3 Å². The Morgan fingerprint density at radius 3 is 1.97 bits per heavy atom. The zero-order chi connectivity index (χ0) is 42.4. The number of nitrogens with one attached hydrogen (secondary N) is 5. The van der Waals surface area contributed by atoms with Crippen molar-refractivity contribution in [3.63, 3.8) is 0 Å². The number of hydrogen-bond donors (Lipinski definition) is 6. The van der Waals surface area contributed by atoms with Crippen molar-refractivity contribution in [2.45, 2.75) is 69.2 Å². The quantitative estimate of drug-likeness (QED) is 0.108. The first-order valence-corrected chi connectivity index (χ1v) is 20.5. The maximum absolute atomic E-state index is 14.5. The lowest BCUT2D eigenvalue weighted by atomic mass is 9.99. The van der Waals surface area contributed by atoms with E-state index in [1.807, 2.05) is 102 Å². The predicted molar refractivity (Wildman–Crippen MR) is 227 cm³/mol. The van der Waals surface area contributed by atoms with E-state index in [2.05, 4.69) is 26.6 Å². The molecule has 0 saturated heterocycles. The molecular formula is C46H47N5O8S. The van der Waals surface area contributed by atoms with Gasteiger partial charge in [-0.15, -0.1) is 11.3 Å². The summed E-state index contributed by atoms with van der Waals surface area (Å²) >= 11 is 1.42. The van der Waals surface area contributed by atoms with Crippen LogP contribution in [0.25, 0.3) is 11.1 Å². The molecule has 60 heavy (non-hydrogen) atoms. The normalized spacial score (nSPS) is 19.5. The van der Waals surface area contributed by atoms with Gasteiger partial charge in [-0.05, 0) is 71.2 Å². The van der Waals surface area contributed by atoms with Crippen LogP contribution in [0.15, 0.2) is 127 Å². The second kappa shape index (κ2) is 20.8. The SMILES string of the molecule is C[C@H](NC(=O)[C@@H]1Cc2ccc(cc2)OCC(=O)N[C@H](Cc2cccs2)C(=O)N[C@@H](Cc2ccc(-c3ccccc3)cc2)C(=O)N[C@H](CCc2ccccc2)C(=O)N1)C(=O)O. The number of thiophene rings is 1. The zero-order valence-electron chi connectivity index (χ0n) is 33.0. The summed E-state index contributed by atoms with van der Waals surface area (Å²) in [5, 5.41) is 25.1. The molecule has 310 valence electrons. The molecule has 1 aromatic heterocycles.